The van der Waals surface area contributed by atoms with Crippen LogP contribution in [0.15, 0.2) is 190 Å². The zero-order valence-corrected chi connectivity index (χ0v) is 30.8. The first-order chi connectivity index (χ1) is 25.4. The fourth-order valence-corrected chi connectivity index (χ4v) is 6.94. The van der Waals surface area contributed by atoms with Gasteiger partial charge in [0, 0.05) is 67.0 Å². The van der Waals surface area contributed by atoms with Crippen LogP contribution < -0.4 is 18.7 Å². The van der Waals surface area contributed by atoms with Gasteiger partial charge >= 0.3 is 16.8 Å². The van der Waals surface area contributed by atoms with Gasteiger partial charge in [0.1, 0.15) is 21.1 Å². The van der Waals surface area contributed by atoms with Crippen molar-refractivity contribution in [1.82, 2.24) is 9.88 Å². The van der Waals surface area contributed by atoms with Crippen LogP contribution in [0.4, 0.5) is 0 Å². The van der Waals surface area contributed by atoms with Crippen LogP contribution >= 0.6 is 0 Å². The molecule has 8 bridgehead atoms. The number of hydrogen-bond donors (Lipinski definition) is 0. The third-order valence-corrected chi connectivity index (χ3v) is 9.68. The molecule has 4 aromatic heterocycles. The van der Waals surface area contributed by atoms with E-state index in [4.69, 9.17) is 20.0 Å². The van der Waals surface area contributed by atoms with Crippen LogP contribution in [0.25, 0.3) is 16.7 Å². The third-order valence-electron chi connectivity index (χ3n) is 9.68. The van der Waals surface area contributed by atoms with Gasteiger partial charge in [-0.3, -0.25) is 0 Å². The quantitative estimate of drug-likeness (QED) is 0.266. The van der Waals surface area contributed by atoms with Gasteiger partial charge in [0.2, 0.25) is 0 Å². The van der Waals surface area contributed by atoms with E-state index < -0.39 is 0 Å². The number of aromatic nitrogens is 4. The Kier molecular flexibility index (Phi) is 8.73. The zero-order valence-electron chi connectivity index (χ0n) is 29.8. The third kappa shape index (κ3) is 6.30. The number of aliphatic imine (C=N–C) groups is 3. The summed E-state index contributed by atoms with van der Waals surface area (Å²) >= 11 is 0. The van der Waals surface area contributed by atoms with Crippen LogP contribution in [-0.2, 0) is 37.9 Å². The minimum Gasteiger partial charge on any atom is -0.657 e. The van der Waals surface area contributed by atoms with Gasteiger partial charge in [-0.15, -0.1) is 11.4 Å². The van der Waals surface area contributed by atoms with Crippen LogP contribution in [0.1, 0.15) is 28.1 Å². The molecule has 0 spiro atoms. The zero-order chi connectivity index (χ0) is 35.3. The van der Waals surface area contributed by atoms with Crippen molar-refractivity contribution in [2.24, 2.45) is 36.1 Å². The summed E-state index contributed by atoms with van der Waals surface area (Å²) in [4.78, 5) is 23.4. The van der Waals surface area contributed by atoms with Gasteiger partial charge in [0.05, 0.1) is 34.2 Å². The van der Waals surface area contributed by atoms with Crippen molar-refractivity contribution < 1.29 is 30.5 Å². The van der Waals surface area contributed by atoms with Gasteiger partial charge in [0.15, 0.2) is 37.2 Å². The fourth-order valence-electron chi connectivity index (χ4n) is 6.94. The molecule has 9 rings (SSSR count). The molecule has 0 unspecified atom stereocenters. The van der Waals surface area contributed by atoms with Crippen molar-refractivity contribution in [1.29, 1.82) is 0 Å². The van der Waals surface area contributed by atoms with Crippen molar-refractivity contribution in [2.45, 2.75) is 0 Å². The van der Waals surface area contributed by atoms with Crippen LogP contribution in [-0.4, -0.2) is 29.1 Å². The molecule has 4 aromatic rings. The molecule has 8 nitrogen and oxygen atoms in total. The second-order valence-corrected chi connectivity index (χ2v) is 13.4. The summed E-state index contributed by atoms with van der Waals surface area (Å²) in [6, 6.07) is 16.9. The van der Waals surface area contributed by atoms with Gasteiger partial charge < -0.3 is 9.88 Å². The largest absolute Gasteiger partial charge is 3.00 e. The molecule has 9 heteroatoms. The summed E-state index contributed by atoms with van der Waals surface area (Å²) in [5.74, 6) is 0. The fraction of sp³-hybridized carbons (Fsp3) is 0.0909. The molecule has 0 saturated carbocycles. The summed E-state index contributed by atoms with van der Waals surface area (Å²) in [5, 5.41) is 0. The number of aryl methyl sites for hydroxylation is 3. The van der Waals surface area contributed by atoms with E-state index in [1.165, 1.54) is 0 Å². The van der Waals surface area contributed by atoms with E-state index in [9.17, 15) is 0 Å². The predicted molar refractivity (Wildman–Crippen MR) is 204 cm³/mol. The van der Waals surface area contributed by atoms with Crippen molar-refractivity contribution in [3.8, 4) is 0 Å². The SMILES string of the molecule is CN1C=CC(=C2C3=NC(=C(c4cc[n+](C)cc4)C4=NC(=C(c5cc[n+](C)cc5)c5ccc([n-]5)C(c5cc[n+](C)cc5)=C5C=CC2=N5)C=C4)C=C3)C=C1.[Co+3]. The van der Waals surface area contributed by atoms with E-state index in [0.29, 0.717) is 0 Å². The maximum Gasteiger partial charge on any atom is 3.00 e. The molecule has 0 aliphatic carbocycles. The van der Waals surface area contributed by atoms with Gasteiger partial charge in [-0.1, -0.05) is 12.1 Å². The monoisotopic (exact) mass is 735 g/mol. The maximum absolute atomic E-state index is 5.35. The average molecular weight is 736 g/mol. The second-order valence-electron chi connectivity index (χ2n) is 13.4. The van der Waals surface area contributed by atoms with E-state index in [2.05, 4.69) is 147 Å². The minimum atomic E-state index is 0. The molecule has 0 fully saturated rings. The van der Waals surface area contributed by atoms with E-state index in [0.717, 1.165) is 90.2 Å². The van der Waals surface area contributed by atoms with Crippen LogP contribution in [0.5, 0.6) is 0 Å². The molecule has 0 N–H and O–H groups in total. The summed E-state index contributed by atoms with van der Waals surface area (Å²) < 4.78 is 6.11. The normalized spacial score (nSPS) is 17.3. The van der Waals surface area contributed by atoms with Gasteiger partial charge in [-0.05, 0) is 82.0 Å². The summed E-state index contributed by atoms with van der Waals surface area (Å²) in [6.07, 6.45) is 33.3. The molecule has 5 aliphatic rings. The Morgan fingerprint density at radius 1 is 0.453 bits per heavy atom. The first kappa shape index (κ1) is 33.8. The number of nitrogens with zero attached hydrogens (tertiary/aromatic N) is 8. The number of fused-ring (bicyclic) bond motifs is 5. The molecule has 9 heterocycles. The van der Waals surface area contributed by atoms with Crippen molar-refractivity contribution in [3.05, 3.63) is 203 Å². The molecular formula is C44H36CoN8+5. The molecule has 0 radical (unpaired) electrons. The molecule has 0 saturated heterocycles. The molecular weight excluding hydrogens is 699 g/mol. The van der Waals surface area contributed by atoms with E-state index in [-0.39, 0.29) is 16.8 Å². The van der Waals surface area contributed by atoms with Crippen molar-refractivity contribution in [2.75, 3.05) is 7.05 Å². The molecule has 256 valence electrons. The summed E-state index contributed by atoms with van der Waals surface area (Å²) in [7, 11) is 8.10. The number of hydrogen-bond acceptors (Lipinski definition) is 4. The second kappa shape index (κ2) is 13.7. The van der Waals surface area contributed by atoms with Gasteiger partial charge in [-0.2, -0.15) is 0 Å². The van der Waals surface area contributed by atoms with Crippen LogP contribution in [0.2, 0.25) is 0 Å². The van der Waals surface area contributed by atoms with E-state index >= 15 is 0 Å². The standard InChI is InChI=1S/C44H36N8.Co/c1-49-21-13-29(14-22-49)41-33-5-7-35(45-33)42(30-15-23-50(2)24-16-30)37-9-11-39(47-37)44(32-19-27-52(4)28-20-32)40-12-10-38(48-40)43(36-8-6-34(41)46-36)31-17-25-51(3)26-18-31;/h5-28H,1-4H3;/q+2;+3. The maximum atomic E-state index is 5.35. The van der Waals surface area contributed by atoms with Crippen molar-refractivity contribution in [3.63, 3.8) is 0 Å². The van der Waals surface area contributed by atoms with Gasteiger partial charge in [0.25, 0.3) is 0 Å². The molecule has 0 amide bonds. The molecule has 5 aliphatic heterocycles. The molecule has 0 aromatic carbocycles. The minimum absolute atomic E-state index is 0. The summed E-state index contributed by atoms with van der Waals surface area (Å²) in [5.41, 5.74) is 14.7. The van der Waals surface area contributed by atoms with Crippen molar-refractivity contribution >= 4 is 33.9 Å². The number of rotatable bonds is 3. The van der Waals surface area contributed by atoms with Crippen LogP contribution in [0.3, 0.4) is 0 Å². The first-order valence-corrected chi connectivity index (χ1v) is 17.3. The molecule has 53 heavy (non-hydrogen) atoms. The number of allylic oxidation sites excluding steroid dienone is 11. The van der Waals surface area contributed by atoms with E-state index in [1.54, 1.807) is 0 Å². The molecule has 0 atom stereocenters. The van der Waals surface area contributed by atoms with E-state index in [1.807, 2.05) is 46.8 Å². The Morgan fingerprint density at radius 2 is 0.811 bits per heavy atom. The van der Waals surface area contributed by atoms with Gasteiger partial charge in [-0.25, -0.2) is 28.7 Å². The Labute approximate surface area is 319 Å². The summed E-state index contributed by atoms with van der Waals surface area (Å²) in [6.45, 7) is 0. The number of pyridine rings is 3. The van der Waals surface area contributed by atoms with Crippen LogP contribution in [0, 0.1) is 0 Å². The Hall–Kier alpha value is -6.29. The Bertz CT molecular complexity index is 2540. The smallest absolute Gasteiger partial charge is 0.657 e. The topological polar surface area (TPSA) is 66.1 Å². The average Bonchev–Trinajstić information content (AvgIpc) is 3.99. The predicted octanol–water partition coefficient (Wildman–Crippen LogP) is 5.36. The first-order valence-electron chi connectivity index (χ1n) is 17.3. The Balaban J connectivity index is 0.00000400. The Morgan fingerprint density at radius 3 is 1.23 bits per heavy atom.